The van der Waals surface area contributed by atoms with Gasteiger partial charge in [-0.2, -0.15) is 0 Å². The molecule has 0 spiro atoms. The molecular weight excluding hydrogens is 961 g/mol. The Morgan fingerprint density at radius 3 is 0.641 bits per heavy atom. The highest BCUT2D eigenvalue weighted by Crippen LogP contribution is 2.19. The van der Waals surface area contributed by atoms with Gasteiger partial charge in [-0.1, -0.05) is 360 Å². The van der Waals surface area contributed by atoms with E-state index in [4.69, 9.17) is 14.2 Å². The van der Waals surface area contributed by atoms with E-state index < -0.39 is 6.10 Å². The minimum absolute atomic E-state index is 0.0641. The summed E-state index contributed by atoms with van der Waals surface area (Å²) in [4.78, 5) is 38.5. The third-order valence-electron chi connectivity index (χ3n) is 16.5. The number of esters is 3. The van der Waals surface area contributed by atoms with Crippen LogP contribution in [-0.2, 0) is 28.6 Å². The van der Waals surface area contributed by atoms with E-state index in [0.717, 1.165) is 57.8 Å². The van der Waals surface area contributed by atoms with Crippen LogP contribution in [0, 0.1) is 0 Å². The summed E-state index contributed by atoms with van der Waals surface area (Å²) >= 11 is 0. The lowest BCUT2D eigenvalue weighted by atomic mass is 10.0. The van der Waals surface area contributed by atoms with E-state index >= 15 is 0 Å². The first-order valence-electron chi connectivity index (χ1n) is 35.7. The van der Waals surface area contributed by atoms with Crippen LogP contribution in [0.15, 0.2) is 12.2 Å². The maximum atomic E-state index is 13.0. The van der Waals surface area contributed by atoms with Crippen LogP contribution in [-0.4, -0.2) is 37.2 Å². The molecule has 0 aromatic heterocycles. The summed E-state index contributed by atoms with van der Waals surface area (Å²) in [6.07, 6.45) is 80.9. The molecule has 1 atom stereocenters. The number of carbonyl (C=O) groups excluding carboxylic acids is 3. The lowest BCUT2D eigenvalue weighted by molar-refractivity contribution is -0.167. The number of carbonyl (C=O) groups is 3. The molecule has 0 aliphatic carbocycles. The standard InChI is InChI=1S/C72H138O6/c1-4-7-10-13-16-19-22-25-28-31-33-35-37-38-41-44-47-50-53-56-59-62-65-71(74)77-68-69(67-76-70(73)64-61-58-55-52-49-46-43-40-30-27-24-21-18-15-12-9-6-3)78-72(75)66-63-60-57-54-51-48-45-42-39-36-34-32-29-26-23-20-17-14-11-8-5-2/h27,30,69H,4-26,28-29,31-68H2,1-3H3/b30-27-. The van der Waals surface area contributed by atoms with Gasteiger partial charge < -0.3 is 14.2 Å². The number of allylic oxidation sites excluding steroid dienone is 2. The number of unbranched alkanes of at least 4 members (excludes halogenated alkanes) is 54. The van der Waals surface area contributed by atoms with Gasteiger partial charge >= 0.3 is 17.9 Å². The summed E-state index contributed by atoms with van der Waals surface area (Å²) in [6, 6.07) is 0. The van der Waals surface area contributed by atoms with Gasteiger partial charge in [0, 0.05) is 19.3 Å². The van der Waals surface area contributed by atoms with E-state index in [0.29, 0.717) is 19.3 Å². The lowest BCUT2D eigenvalue weighted by Crippen LogP contribution is -2.30. The maximum Gasteiger partial charge on any atom is 0.306 e. The van der Waals surface area contributed by atoms with Gasteiger partial charge in [-0.15, -0.1) is 0 Å². The van der Waals surface area contributed by atoms with Gasteiger partial charge in [0.15, 0.2) is 6.10 Å². The molecule has 0 saturated heterocycles. The van der Waals surface area contributed by atoms with E-state index in [1.807, 2.05) is 0 Å². The van der Waals surface area contributed by atoms with E-state index in [9.17, 15) is 14.4 Å². The second-order valence-electron chi connectivity index (χ2n) is 24.5. The molecule has 0 N–H and O–H groups in total. The second-order valence-corrected chi connectivity index (χ2v) is 24.5. The van der Waals surface area contributed by atoms with Gasteiger partial charge in [0.05, 0.1) is 0 Å². The highest BCUT2D eigenvalue weighted by atomic mass is 16.6. The smallest absolute Gasteiger partial charge is 0.306 e. The summed E-state index contributed by atoms with van der Waals surface area (Å²) in [5, 5.41) is 0. The van der Waals surface area contributed by atoms with Crippen molar-refractivity contribution in [3.8, 4) is 0 Å². The number of ether oxygens (including phenoxy) is 3. The highest BCUT2D eigenvalue weighted by Gasteiger charge is 2.19. The van der Waals surface area contributed by atoms with Crippen molar-refractivity contribution in [3.63, 3.8) is 0 Å². The van der Waals surface area contributed by atoms with Crippen LogP contribution in [0.25, 0.3) is 0 Å². The van der Waals surface area contributed by atoms with E-state index in [-0.39, 0.29) is 31.1 Å². The lowest BCUT2D eigenvalue weighted by Gasteiger charge is -2.18. The molecule has 6 heteroatoms. The molecule has 0 saturated carbocycles. The quantitative estimate of drug-likeness (QED) is 0.0261. The largest absolute Gasteiger partial charge is 0.462 e. The van der Waals surface area contributed by atoms with Gasteiger partial charge in [-0.05, 0) is 44.9 Å². The van der Waals surface area contributed by atoms with Gasteiger partial charge in [-0.25, -0.2) is 0 Å². The van der Waals surface area contributed by atoms with Crippen molar-refractivity contribution in [1.82, 2.24) is 0 Å². The molecule has 0 bridgehead atoms. The Bertz CT molecular complexity index is 1210. The third-order valence-corrected chi connectivity index (χ3v) is 16.5. The van der Waals surface area contributed by atoms with Crippen molar-refractivity contribution < 1.29 is 28.6 Å². The van der Waals surface area contributed by atoms with Gasteiger partial charge in [0.1, 0.15) is 13.2 Å². The molecule has 0 rings (SSSR count). The molecule has 0 fully saturated rings. The highest BCUT2D eigenvalue weighted by molar-refractivity contribution is 5.71. The van der Waals surface area contributed by atoms with Crippen LogP contribution in [0.5, 0.6) is 0 Å². The first kappa shape index (κ1) is 76.1. The molecule has 462 valence electrons. The predicted molar refractivity (Wildman–Crippen MR) is 340 cm³/mol. The second kappa shape index (κ2) is 67.7. The summed E-state index contributed by atoms with van der Waals surface area (Å²) < 4.78 is 17.0. The SMILES string of the molecule is CCCCCCCC/C=C\CCCCCCCCCC(=O)OCC(COC(=O)CCCCCCCCCCCCCCCCCCCCCCCC)OC(=O)CCCCCCCCCCCCCCCCCCCCCCC. The van der Waals surface area contributed by atoms with Crippen molar-refractivity contribution in [3.05, 3.63) is 12.2 Å². The fourth-order valence-electron chi connectivity index (χ4n) is 11.2. The monoisotopic (exact) mass is 1100 g/mol. The fourth-order valence-corrected chi connectivity index (χ4v) is 11.2. The Morgan fingerprint density at radius 1 is 0.244 bits per heavy atom. The number of rotatable bonds is 67. The molecular formula is C72H138O6. The summed E-state index contributed by atoms with van der Waals surface area (Å²) in [7, 11) is 0. The number of hydrogen-bond acceptors (Lipinski definition) is 6. The Hall–Kier alpha value is -1.85. The fraction of sp³-hybridized carbons (Fsp3) is 0.931. The number of hydrogen-bond donors (Lipinski definition) is 0. The van der Waals surface area contributed by atoms with Crippen LogP contribution in [0.4, 0.5) is 0 Å². The maximum absolute atomic E-state index is 13.0. The molecule has 0 amide bonds. The Labute approximate surface area is 488 Å². The molecule has 6 nitrogen and oxygen atoms in total. The van der Waals surface area contributed by atoms with Crippen molar-refractivity contribution in [2.45, 2.75) is 419 Å². The molecule has 0 aromatic carbocycles. The molecule has 0 aromatic rings. The minimum atomic E-state index is -0.768. The molecule has 0 aliphatic heterocycles. The zero-order valence-electron chi connectivity index (χ0n) is 53.2. The van der Waals surface area contributed by atoms with Crippen molar-refractivity contribution in [2.75, 3.05) is 13.2 Å². The van der Waals surface area contributed by atoms with E-state index in [1.54, 1.807) is 0 Å². The Morgan fingerprint density at radius 2 is 0.423 bits per heavy atom. The van der Waals surface area contributed by atoms with Crippen molar-refractivity contribution in [2.24, 2.45) is 0 Å². The zero-order chi connectivity index (χ0) is 56.4. The summed E-state index contributed by atoms with van der Waals surface area (Å²) in [5.41, 5.74) is 0. The van der Waals surface area contributed by atoms with Gasteiger partial charge in [0.2, 0.25) is 0 Å². The zero-order valence-corrected chi connectivity index (χ0v) is 53.2. The first-order valence-corrected chi connectivity index (χ1v) is 35.7. The van der Waals surface area contributed by atoms with E-state index in [2.05, 4.69) is 32.9 Å². The molecule has 0 aliphatic rings. The molecule has 78 heavy (non-hydrogen) atoms. The average molecular weight is 1100 g/mol. The van der Waals surface area contributed by atoms with E-state index in [1.165, 1.54) is 315 Å². The first-order chi connectivity index (χ1) is 38.5. The molecule has 0 heterocycles. The predicted octanol–water partition coefficient (Wildman–Crippen LogP) is 24.4. The Kier molecular flexibility index (Phi) is 66.0. The van der Waals surface area contributed by atoms with Crippen LogP contribution < -0.4 is 0 Å². The Balaban J connectivity index is 4.27. The average Bonchev–Trinajstić information content (AvgIpc) is 3.44. The minimum Gasteiger partial charge on any atom is -0.462 e. The van der Waals surface area contributed by atoms with Gasteiger partial charge in [-0.3, -0.25) is 14.4 Å². The molecule has 1 unspecified atom stereocenters. The van der Waals surface area contributed by atoms with Crippen LogP contribution in [0.1, 0.15) is 412 Å². The summed E-state index contributed by atoms with van der Waals surface area (Å²) in [5.74, 6) is -0.831. The van der Waals surface area contributed by atoms with Crippen LogP contribution >= 0.6 is 0 Å². The summed E-state index contributed by atoms with van der Waals surface area (Å²) in [6.45, 7) is 6.73. The molecule has 0 radical (unpaired) electrons. The third kappa shape index (κ3) is 65.0. The van der Waals surface area contributed by atoms with Crippen LogP contribution in [0.2, 0.25) is 0 Å². The van der Waals surface area contributed by atoms with Crippen molar-refractivity contribution in [1.29, 1.82) is 0 Å². The van der Waals surface area contributed by atoms with Crippen molar-refractivity contribution >= 4 is 17.9 Å². The van der Waals surface area contributed by atoms with Gasteiger partial charge in [0.25, 0.3) is 0 Å². The normalized spacial score (nSPS) is 12.0. The topological polar surface area (TPSA) is 78.9 Å². The van der Waals surface area contributed by atoms with Crippen LogP contribution in [0.3, 0.4) is 0 Å².